The van der Waals surface area contributed by atoms with E-state index in [4.69, 9.17) is 11.5 Å². The Kier molecular flexibility index (Phi) is 11.9. The third-order valence-corrected chi connectivity index (χ3v) is 2.96. The van der Waals surface area contributed by atoms with Crippen LogP contribution >= 0.6 is 0 Å². The summed E-state index contributed by atoms with van der Waals surface area (Å²) >= 11 is 0. The van der Waals surface area contributed by atoms with E-state index in [2.05, 4.69) is 29.4 Å². The molecule has 2 rings (SSSR count). The molecule has 13 heteroatoms. The summed E-state index contributed by atoms with van der Waals surface area (Å²) in [5.41, 5.74) is 12.4. The fourth-order valence-corrected chi connectivity index (χ4v) is 1.77. The van der Waals surface area contributed by atoms with Crippen LogP contribution in [-0.2, 0) is 31.9 Å². The second-order valence-electron chi connectivity index (χ2n) is 4.87. The largest absolute Gasteiger partial charge is 1.00 e. The van der Waals surface area contributed by atoms with Crippen LogP contribution in [0.4, 0.5) is 4.79 Å². The fourth-order valence-electron chi connectivity index (χ4n) is 1.77. The first-order valence-electron chi connectivity index (χ1n) is 6.88. The number of carbonyl (C=O) groups excluding carboxylic acids is 3. The zero-order chi connectivity index (χ0) is 17.5. The van der Waals surface area contributed by atoms with Crippen molar-refractivity contribution in [3.05, 3.63) is 36.4 Å². The van der Waals surface area contributed by atoms with E-state index in [-0.39, 0.29) is 74.8 Å². The Morgan fingerprint density at radius 2 is 1.31 bits per heavy atom. The maximum absolute atomic E-state index is 11.6. The number of hydrogen-bond donors (Lipinski definition) is 4. The number of aromatic nitrogens is 4. The number of nitrogens with two attached hydrogens (primary N) is 2. The number of nitrogens with one attached hydrogen (secondary N) is 2. The van der Waals surface area contributed by atoms with Crippen LogP contribution in [0.25, 0.3) is 0 Å². The van der Waals surface area contributed by atoms with Crippen molar-refractivity contribution in [1.29, 1.82) is 0 Å². The number of imidazole rings is 2. The molecule has 0 fully saturated rings. The molecule has 26 heavy (non-hydrogen) atoms. The molecule has 2 atom stereocenters. The van der Waals surface area contributed by atoms with Gasteiger partial charge in [0.05, 0.1) is 12.7 Å². The van der Waals surface area contributed by atoms with Crippen LogP contribution in [0.5, 0.6) is 0 Å². The standard InChI is InChI=1S/C13H16N6O5.2Na.2H/c14-9(1-7-3-16-5-18-7)11(20)23-13(22)24-12(21)10(15)2-8-4-17-6-19-8;;;;/h3-6,9-10H,1-2,14-15H2,(H,16,18)(H,17,19);;;;/q;2*+1;2*-1/t9-,10-;;;;/m0..../s1. The van der Waals surface area contributed by atoms with E-state index >= 15 is 0 Å². The van der Waals surface area contributed by atoms with Crippen LogP contribution in [0.15, 0.2) is 25.0 Å². The molecule has 0 saturated carbocycles. The van der Waals surface area contributed by atoms with Crippen LogP contribution in [0.2, 0.25) is 0 Å². The van der Waals surface area contributed by atoms with E-state index in [0.717, 1.165) is 0 Å². The second-order valence-corrected chi connectivity index (χ2v) is 4.87. The molecule has 0 amide bonds. The van der Waals surface area contributed by atoms with Gasteiger partial charge in [-0.1, -0.05) is 0 Å². The van der Waals surface area contributed by atoms with Crippen molar-refractivity contribution in [2.75, 3.05) is 0 Å². The summed E-state index contributed by atoms with van der Waals surface area (Å²) in [5.74, 6) is -2.07. The Labute approximate surface area is 195 Å². The number of rotatable bonds is 6. The zero-order valence-electron chi connectivity index (χ0n) is 16.5. The number of hydrogen-bond acceptors (Lipinski definition) is 9. The molecule has 2 heterocycles. The van der Waals surface area contributed by atoms with Crippen molar-refractivity contribution in [2.45, 2.75) is 24.9 Å². The van der Waals surface area contributed by atoms with Gasteiger partial charge in [0.1, 0.15) is 12.1 Å². The molecule has 0 unspecified atom stereocenters. The quantitative estimate of drug-likeness (QED) is 0.214. The van der Waals surface area contributed by atoms with Gasteiger partial charge >= 0.3 is 77.2 Å². The number of esters is 2. The average Bonchev–Trinajstić information content (AvgIpc) is 3.20. The second kappa shape index (κ2) is 12.4. The summed E-state index contributed by atoms with van der Waals surface area (Å²) in [6, 6.07) is -2.24. The first-order chi connectivity index (χ1) is 11.5. The van der Waals surface area contributed by atoms with Crippen LogP contribution < -0.4 is 70.6 Å². The molecule has 0 bridgehead atoms. The Hall–Kier alpha value is -1.05. The fraction of sp³-hybridized carbons (Fsp3) is 0.308. The topological polar surface area (TPSA) is 179 Å². The molecule has 0 saturated heterocycles. The van der Waals surface area contributed by atoms with Gasteiger partial charge in [-0.3, -0.25) is 0 Å². The summed E-state index contributed by atoms with van der Waals surface area (Å²) < 4.78 is 8.72. The molecule has 2 aromatic rings. The van der Waals surface area contributed by atoms with Gasteiger partial charge in [0.25, 0.3) is 0 Å². The van der Waals surface area contributed by atoms with Crippen LogP contribution in [0.1, 0.15) is 14.2 Å². The molecule has 6 N–H and O–H groups in total. The van der Waals surface area contributed by atoms with Gasteiger partial charge < -0.3 is 33.8 Å². The van der Waals surface area contributed by atoms with Crippen molar-refractivity contribution in [3.8, 4) is 0 Å². The summed E-state index contributed by atoms with van der Waals surface area (Å²) in [5, 5.41) is 0. The minimum absolute atomic E-state index is 0. The molecule has 11 nitrogen and oxygen atoms in total. The predicted molar refractivity (Wildman–Crippen MR) is 80.3 cm³/mol. The minimum atomic E-state index is -1.48. The van der Waals surface area contributed by atoms with Crippen LogP contribution in [0.3, 0.4) is 0 Å². The number of carbonyl (C=O) groups is 3. The Balaban J connectivity index is -0.00000156. The molecule has 132 valence electrons. The Bertz CT molecular complexity index is 646. The summed E-state index contributed by atoms with van der Waals surface area (Å²) in [6.07, 6.45) is 4.47. The maximum Gasteiger partial charge on any atom is 1.00 e. The number of nitrogens with zero attached hydrogens (tertiary/aromatic N) is 2. The number of ether oxygens (including phenoxy) is 2. The molecule has 0 aliphatic carbocycles. The SMILES string of the molecule is N[C@@H](Cc1cnc[nH]1)C(=O)OC(=O)OC(=O)[C@@H](N)Cc1cnc[nH]1.[H-].[H-].[Na+].[Na+]. The van der Waals surface area contributed by atoms with E-state index in [1.54, 1.807) is 0 Å². The molecule has 0 spiro atoms. The first-order valence-corrected chi connectivity index (χ1v) is 6.88. The zero-order valence-corrected chi connectivity index (χ0v) is 18.5. The summed E-state index contributed by atoms with van der Waals surface area (Å²) in [6.45, 7) is 0. The first kappa shape index (κ1) is 24.9. The van der Waals surface area contributed by atoms with E-state index in [0.29, 0.717) is 11.4 Å². The molecule has 2 aromatic heterocycles. The smallest absolute Gasteiger partial charge is 1.00 e. The summed E-state index contributed by atoms with van der Waals surface area (Å²) in [7, 11) is 0. The van der Waals surface area contributed by atoms with Crippen molar-refractivity contribution in [2.24, 2.45) is 11.5 Å². The minimum Gasteiger partial charge on any atom is -1.00 e. The normalized spacial score (nSPS) is 12.1. The number of aromatic amines is 2. The van der Waals surface area contributed by atoms with Gasteiger partial charge in [0.2, 0.25) is 0 Å². The average molecular weight is 384 g/mol. The van der Waals surface area contributed by atoms with Crippen molar-refractivity contribution in [1.82, 2.24) is 19.9 Å². The van der Waals surface area contributed by atoms with E-state index in [1.807, 2.05) is 0 Å². The van der Waals surface area contributed by atoms with Crippen LogP contribution in [-0.4, -0.2) is 50.1 Å². The van der Waals surface area contributed by atoms with Crippen molar-refractivity contribution < 1.29 is 85.8 Å². The van der Waals surface area contributed by atoms with Crippen LogP contribution in [0, 0.1) is 0 Å². The van der Waals surface area contributed by atoms with E-state index < -0.39 is 30.2 Å². The van der Waals surface area contributed by atoms with E-state index in [1.165, 1.54) is 25.0 Å². The molecule has 0 aliphatic heterocycles. The molecular formula is C13H18N6Na2O5. The third kappa shape index (κ3) is 8.10. The maximum atomic E-state index is 11.6. The molecular weight excluding hydrogens is 366 g/mol. The van der Waals surface area contributed by atoms with Crippen molar-refractivity contribution >= 4 is 18.1 Å². The summed E-state index contributed by atoms with van der Waals surface area (Å²) in [4.78, 5) is 47.8. The van der Waals surface area contributed by atoms with Gasteiger partial charge in [0.15, 0.2) is 0 Å². The molecule has 0 aliphatic rings. The Morgan fingerprint density at radius 1 is 0.923 bits per heavy atom. The van der Waals surface area contributed by atoms with Gasteiger partial charge in [-0.25, -0.2) is 24.4 Å². The molecule has 0 radical (unpaired) electrons. The van der Waals surface area contributed by atoms with Gasteiger partial charge in [-0.05, 0) is 0 Å². The third-order valence-electron chi connectivity index (χ3n) is 2.96. The van der Waals surface area contributed by atoms with Gasteiger partial charge in [0, 0.05) is 36.6 Å². The van der Waals surface area contributed by atoms with Gasteiger partial charge in [-0.2, -0.15) is 0 Å². The monoisotopic (exact) mass is 384 g/mol. The number of H-pyrrole nitrogens is 2. The molecule has 0 aromatic carbocycles. The van der Waals surface area contributed by atoms with Gasteiger partial charge in [-0.15, -0.1) is 0 Å². The Morgan fingerprint density at radius 3 is 1.62 bits per heavy atom. The van der Waals surface area contributed by atoms with Crippen molar-refractivity contribution in [3.63, 3.8) is 0 Å². The predicted octanol–water partition coefficient (Wildman–Crippen LogP) is -6.99. The van der Waals surface area contributed by atoms with E-state index in [9.17, 15) is 14.4 Å².